The van der Waals surface area contributed by atoms with Gasteiger partial charge in [-0.1, -0.05) is 26.0 Å². The van der Waals surface area contributed by atoms with Gasteiger partial charge in [-0.15, -0.1) is 0 Å². The summed E-state index contributed by atoms with van der Waals surface area (Å²) in [5.74, 6) is 0.515. The molecule has 1 aromatic rings. The van der Waals surface area contributed by atoms with Crippen LogP contribution in [0, 0.1) is 0 Å². The molecule has 0 saturated carbocycles. The highest BCUT2D eigenvalue weighted by atomic mass is 16.2. The third-order valence-corrected chi connectivity index (χ3v) is 3.46. The molecule has 4 nitrogen and oxygen atoms in total. The fraction of sp³-hybridized carbons (Fsp3) is 0.533. The maximum absolute atomic E-state index is 12.1. The van der Waals surface area contributed by atoms with Crippen LogP contribution in [0.15, 0.2) is 24.3 Å². The average molecular weight is 261 g/mol. The van der Waals surface area contributed by atoms with E-state index in [1.165, 1.54) is 5.56 Å². The van der Waals surface area contributed by atoms with Gasteiger partial charge in [0.05, 0.1) is 0 Å². The maximum atomic E-state index is 12.1. The minimum absolute atomic E-state index is 0.000923. The molecule has 1 aliphatic rings. The van der Waals surface area contributed by atoms with E-state index in [1.807, 2.05) is 17.0 Å². The van der Waals surface area contributed by atoms with Crippen LogP contribution in [0.25, 0.3) is 0 Å². The number of rotatable bonds is 2. The lowest BCUT2D eigenvalue weighted by atomic mass is 10.0. The lowest BCUT2D eigenvalue weighted by Crippen LogP contribution is -2.37. The summed E-state index contributed by atoms with van der Waals surface area (Å²) in [5, 5.41) is 6.26. The molecule has 0 bridgehead atoms. The van der Waals surface area contributed by atoms with E-state index in [1.54, 1.807) is 0 Å². The molecule has 1 aromatic carbocycles. The molecule has 2 amide bonds. The van der Waals surface area contributed by atoms with Crippen molar-refractivity contribution in [2.75, 3.05) is 31.5 Å². The summed E-state index contributed by atoms with van der Waals surface area (Å²) in [6.07, 6.45) is 1.01. The molecule has 0 radical (unpaired) electrons. The summed E-state index contributed by atoms with van der Waals surface area (Å²) >= 11 is 0. The van der Waals surface area contributed by atoms with Gasteiger partial charge in [-0.05, 0) is 36.6 Å². The quantitative estimate of drug-likeness (QED) is 0.859. The van der Waals surface area contributed by atoms with E-state index in [9.17, 15) is 4.79 Å². The Bertz CT molecular complexity index is 406. The molecule has 0 atom stereocenters. The van der Waals surface area contributed by atoms with Gasteiger partial charge >= 0.3 is 6.03 Å². The minimum atomic E-state index is 0.000923. The molecule has 2 rings (SSSR count). The number of carbonyl (C=O) groups excluding carboxylic acids is 1. The van der Waals surface area contributed by atoms with Gasteiger partial charge < -0.3 is 15.5 Å². The summed E-state index contributed by atoms with van der Waals surface area (Å²) in [4.78, 5) is 14.0. The van der Waals surface area contributed by atoms with Gasteiger partial charge in [0.2, 0.25) is 0 Å². The van der Waals surface area contributed by atoms with Gasteiger partial charge in [0.25, 0.3) is 0 Å². The summed E-state index contributed by atoms with van der Waals surface area (Å²) < 4.78 is 0. The van der Waals surface area contributed by atoms with Crippen molar-refractivity contribution in [3.63, 3.8) is 0 Å². The SMILES string of the molecule is CC(C)c1ccc(NC(=O)N2CCCNCC2)cc1. The molecular formula is C15H23N3O. The maximum Gasteiger partial charge on any atom is 0.321 e. The minimum Gasteiger partial charge on any atom is -0.323 e. The second-order valence-corrected chi connectivity index (χ2v) is 5.30. The molecule has 104 valence electrons. The third-order valence-electron chi connectivity index (χ3n) is 3.46. The van der Waals surface area contributed by atoms with Crippen molar-refractivity contribution in [3.05, 3.63) is 29.8 Å². The molecule has 0 aromatic heterocycles. The smallest absolute Gasteiger partial charge is 0.321 e. The van der Waals surface area contributed by atoms with Crippen molar-refractivity contribution in [2.45, 2.75) is 26.2 Å². The topological polar surface area (TPSA) is 44.4 Å². The Labute approximate surface area is 115 Å². The first kappa shape index (κ1) is 13.9. The zero-order valence-corrected chi connectivity index (χ0v) is 11.8. The molecule has 1 heterocycles. The number of hydrogen-bond acceptors (Lipinski definition) is 2. The van der Waals surface area contributed by atoms with E-state index in [2.05, 4.69) is 36.6 Å². The van der Waals surface area contributed by atoms with Crippen LogP contribution in [-0.2, 0) is 0 Å². The summed E-state index contributed by atoms with van der Waals surface area (Å²) in [6, 6.07) is 8.10. The second kappa shape index (κ2) is 6.57. The Morgan fingerprint density at radius 1 is 1.21 bits per heavy atom. The van der Waals surface area contributed by atoms with Crippen LogP contribution >= 0.6 is 0 Å². The second-order valence-electron chi connectivity index (χ2n) is 5.30. The van der Waals surface area contributed by atoms with E-state index in [0.717, 1.165) is 38.3 Å². The third kappa shape index (κ3) is 3.96. The standard InChI is InChI=1S/C15H23N3O/c1-12(2)13-4-6-14(7-5-13)17-15(19)18-10-3-8-16-9-11-18/h4-7,12,16H,3,8-11H2,1-2H3,(H,17,19). The fourth-order valence-electron chi connectivity index (χ4n) is 2.20. The van der Waals surface area contributed by atoms with Crippen molar-refractivity contribution in [1.82, 2.24) is 10.2 Å². The number of benzene rings is 1. The molecule has 1 fully saturated rings. The Balaban J connectivity index is 1.94. The van der Waals surface area contributed by atoms with E-state index in [4.69, 9.17) is 0 Å². The van der Waals surface area contributed by atoms with Gasteiger partial charge in [-0.2, -0.15) is 0 Å². The first-order valence-electron chi connectivity index (χ1n) is 7.03. The number of carbonyl (C=O) groups is 1. The van der Waals surface area contributed by atoms with E-state index in [0.29, 0.717) is 5.92 Å². The predicted octanol–water partition coefficient (Wildman–Crippen LogP) is 2.64. The molecule has 19 heavy (non-hydrogen) atoms. The molecule has 1 saturated heterocycles. The largest absolute Gasteiger partial charge is 0.323 e. The van der Waals surface area contributed by atoms with E-state index >= 15 is 0 Å². The van der Waals surface area contributed by atoms with Gasteiger partial charge in [-0.25, -0.2) is 4.79 Å². The first-order valence-corrected chi connectivity index (χ1v) is 7.03. The fourth-order valence-corrected chi connectivity index (χ4v) is 2.20. The summed E-state index contributed by atoms with van der Waals surface area (Å²) in [6.45, 7) is 7.79. The first-order chi connectivity index (χ1) is 9.16. The molecule has 0 spiro atoms. The van der Waals surface area contributed by atoms with E-state index < -0.39 is 0 Å². The zero-order chi connectivity index (χ0) is 13.7. The van der Waals surface area contributed by atoms with Crippen LogP contribution in [-0.4, -0.2) is 37.1 Å². The lowest BCUT2D eigenvalue weighted by molar-refractivity contribution is 0.215. The van der Waals surface area contributed by atoms with Crippen LogP contribution in [0.5, 0.6) is 0 Å². The highest BCUT2D eigenvalue weighted by Crippen LogP contribution is 2.17. The average Bonchev–Trinajstić information content (AvgIpc) is 2.68. The van der Waals surface area contributed by atoms with Crippen molar-refractivity contribution in [1.29, 1.82) is 0 Å². The number of amides is 2. The molecule has 4 heteroatoms. The number of hydrogen-bond donors (Lipinski definition) is 2. The Kier molecular flexibility index (Phi) is 4.80. The monoisotopic (exact) mass is 261 g/mol. The molecule has 2 N–H and O–H groups in total. The Morgan fingerprint density at radius 2 is 1.95 bits per heavy atom. The molecule has 1 aliphatic heterocycles. The predicted molar refractivity (Wildman–Crippen MR) is 78.6 cm³/mol. The van der Waals surface area contributed by atoms with Crippen LogP contribution < -0.4 is 10.6 Å². The van der Waals surface area contributed by atoms with Crippen LogP contribution in [0.1, 0.15) is 31.7 Å². The number of nitrogens with zero attached hydrogens (tertiary/aromatic N) is 1. The molecule has 0 aliphatic carbocycles. The number of urea groups is 1. The molecular weight excluding hydrogens is 238 g/mol. The van der Waals surface area contributed by atoms with Crippen LogP contribution in [0.4, 0.5) is 10.5 Å². The van der Waals surface area contributed by atoms with Gasteiger partial charge in [-0.3, -0.25) is 0 Å². The van der Waals surface area contributed by atoms with Crippen molar-refractivity contribution in [3.8, 4) is 0 Å². The normalized spacial score (nSPS) is 16.3. The summed E-state index contributed by atoms with van der Waals surface area (Å²) in [7, 11) is 0. The van der Waals surface area contributed by atoms with E-state index in [-0.39, 0.29) is 6.03 Å². The summed E-state index contributed by atoms with van der Waals surface area (Å²) in [5.41, 5.74) is 2.16. The van der Waals surface area contributed by atoms with Crippen LogP contribution in [0.2, 0.25) is 0 Å². The zero-order valence-electron chi connectivity index (χ0n) is 11.8. The number of nitrogens with one attached hydrogen (secondary N) is 2. The van der Waals surface area contributed by atoms with Crippen molar-refractivity contribution >= 4 is 11.7 Å². The molecule has 0 unspecified atom stereocenters. The lowest BCUT2D eigenvalue weighted by Gasteiger charge is -2.20. The van der Waals surface area contributed by atoms with Crippen LogP contribution in [0.3, 0.4) is 0 Å². The van der Waals surface area contributed by atoms with Crippen molar-refractivity contribution in [2.24, 2.45) is 0 Å². The Hall–Kier alpha value is -1.55. The van der Waals surface area contributed by atoms with Gasteiger partial charge in [0.15, 0.2) is 0 Å². The Morgan fingerprint density at radius 3 is 2.63 bits per heavy atom. The van der Waals surface area contributed by atoms with Gasteiger partial charge in [0, 0.05) is 25.3 Å². The highest BCUT2D eigenvalue weighted by molar-refractivity contribution is 5.89. The van der Waals surface area contributed by atoms with Gasteiger partial charge in [0.1, 0.15) is 0 Å². The van der Waals surface area contributed by atoms with Crippen molar-refractivity contribution < 1.29 is 4.79 Å². The number of anilines is 1. The highest BCUT2D eigenvalue weighted by Gasteiger charge is 2.14.